The number of amides is 1. The van der Waals surface area contributed by atoms with Crippen LogP contribution in [0.1, 0.15) is 36.7 Å². The van der Waals surface area contributed by atoms with E-state index in [4.69, 9.17) is 4.74 Å². The zero-order valence-electron chi connectivity index (χ0n) is 14.7. The Labute approximate surface area is 143 Å². The first-order valence-corrected chi connectivity index (χ1v) is 8.03. The number of methoxy groups -OCH3 is 1. The van der Waals surface area contributed by atoms with Crippen LogP contribution in [0.25, 0.3) is 0 Å². The third-order valence-corrected chi connectivity index (χ3v) is 3.37. The maximum Gasteiger partial charge on any atom is 0.253 e. The van der Waals surface area contributed by atoms with Crippen LogP contribution in [0.15, 0.2) is 42.6 Å². The van der Waals surface area contributed by atoms with Crippen LogP contribution in [0.2, 0.25) is 0 Å². The van der Waals surface area contributed by atoms with Crippen LogP contribution in [0, 0.1) is 0 Å². The minimum atomic E-state index is -0.259. The van der Waals surface area contributed by atoms with Gasteiger partial charge in [-0.25, -0.2) is 4.98 Å². The molecular formula is C19H25N3O2. The van der Waals surface area contributed by atoms with Crippen molar-refractivity contribution in [2.45, 2.75) is 32.7 Å². The molecule has 128 valence electrons. The van der Waals surface area contributed by atoms with Gasteiger partial charge in [-0.3, -0.25) is 4.79 Å². The van der Waals surface area contributed by atoms with Crippen molar-refractivity contribution in [2.24, 2.45) is 0 Å². The number of rotatable bonds is 6. The molecule has 0 aliphatic rings. The van der Waals surface area contributed by atoms with Crippen molar-refractivity contribution in [1.82, 2.24) is 10.3 Å². The molecule has 1 aromatic heterocycles. The molecule has 0 unspecified atom stereocenters. The molecule has 0 aliphatic carbocycles. The second kappa shape index (κ2) is 7.81. The first kappa shape index (κ1) is 17.8. The minimum absolute atomic E-state index is 0.113. The van der Waals surface area contributed by atoms with E-state index in [0.717, 1.165) is 24.5 Å². The van der Waals surface area contributed by atoms with E-state index in [1.54, 1.807) is 19.4 Å². The zero-order valence-corrected chi connectivity index (χ0v) is 14.7. The molecule has 0 aliphatic heterocycles. The van der Waals surface area contributed by atoms with Crippen molar-refractivity contribution >= 4 is 11.7 Å². The van der Waals surface area contributed by atoms with Gasteiger partial charge in [-0.05, 0) is 57.0 Å². The van der Waals surface area contributed by atoms with Gasteiger partial charge < -0.3 is 15.4 Å². The van der Waals surface area contributed by atoms with Gasteiger partial charge >= 0.3 is 0 Å². The molecule has 24 heavy (non-hydrogen) atoms. The van der Waals surface area contributed by atoms with Crippen LogP contribution >= 0.6 is 0 Å². The average Bonchev–Trinajstić information content (AvgIpc) is 2.54. The van der Waals surface area contributed by atoms with Crippen molar-refractivity contribution in [3.05, 3.63) is 53.7 Å². The van der Waals surface area contributed by atoms with Gasteiger partial charge in [0.15, 0.2) is 0 Å². The molecule has 0 saturated carbocycles. The number of anilines is 1. The minimum Gasteiger partial charge on any atom is -0.497 e. The van der Waals surface area contributed by atoms with Gasteiger partial charge in [-0.1, -0.05) is 12.1 Å². The number of benzene rings is 1. The molecule has 0 atom stereocenters. The van der Waals surface area contributed by atoms with Gasteiger partial charge in [0.2, 0.25) is 0 Å². The molecule has 0 bridgehead atoms. The molecule has 0 radical (unpaired) electrons. The van der Waals surface area contributed by atoms with E-state index >= 15 is 0 Å². The van der Waals surface area contributed by atoms with E-state index in [1.165, 1.54) is 5.56 Å². The van der Waals surface area contributed by atoms with Gasteiger partial charge in [0, 0.05) is 18.3 Å². The van der Waals surface area contributed by atoms with Crippen molar-refractivity contribution in [2.75, 3.05) is 19.0 Å². The molecule has 2 aromatic rings. The van der Waals surface area contributed by atoms with E-state index in [2.05, 4.69) is 21.7 Å². The average molecular weight is 327 g/mol. The Hall–Kier alpha value is -2.56. The molecular weight excluding hydrogens is 302 g/mol. The molecule has 0 saturated heterocycles. The number of nitrogens with one attached hydrogen (secondary N) is 2. The van der Waals surface area contributed by atoms with E-state index in [0.29, 0.717) is 5.56 Å². The first-order chi connectivity index (χ1) is 11.4. The summed E-state index contributed by atoms with van der Waals surface area (Å²) in [5.41, 5.74) is 1.50. The summed E-state index contributed by atoms with van der Waals surface area (Å²) in [6.45, 7) is 6.61. The van der Waals surface area contributed by atoms with Crippen molar-refractivity contribution in [3.63, 3.8) is 0 Å². The quantitative estimate of drug-likeness (QED) is 0.855. The van der Waals surface area contributed by atoms with Crippen molar-refractivity contribution < 1.29 is 9.53 Å². The maximum absolute atomic E-state index is 12.0. The van der Waals surface area contributed by atoms with Crippen molar-refractivity contribution in [3.8, 4) is 5.75 Å². The second-order valence-corrected chi connectivity index (χ2v) is 6.66. The van der Waals surface area contributed by atoms with E-state index in [9.17, 15) is 4.79 Å². The number of nitrogens with zero attached hydrogens (tertiary/aromatic N) is 1. The molecule has 2 rings (SSSR count). The Morgan fingerprint density at radius 2 is 2.00 bits per heavy atom. The summed E-state index contributed by atoms with van der Waals surface area (Å²) >= 11 is 0. The smallest absolute Gasteiger partial charge is 0.253 e. The first-order valence-electron chi connectivity index (χ1n) is 8.03. The zero-order chi connectivity index (χ0) is 17.6. The van der Waals surface area contributed by atoms with Crippen LogP contribution < -0.4 is 15.4 Å². The predicted octanol–water partition coefficient (Wildman–Crippen LogP) is 3.27. The molecule has 0 spiro atoms. The largest absolute Gasteiger partial charge is 0.497 e. The molecule has 1 aromatic carbocycles. The summed E-state index contributed by atoms with van der Waals surface area (Å²) in [5.74, 6) is 1.50. The van der Waals surface area contributed by atoms with Crippen LogP contribution in [-0.4, -0.2) is 30.1 Å². The fourth-order valence-corrected chi connectivity index (χ4v) is 2.21. The normalized spacial score (nSPS) is 11.0. The highest BCUT2D eigenvalue weighted by molar-refractivity contribution is 5.94. The number of carbonyl (C=O) groups excluding carboxylic acids is 1. The van der Waals surface area contributed by atoms with E-state index in [1.807, 2.05) is 45.0 Å². The number of hydrogen-bond acceptors (Lipinski definition) is 4. The summed E-state index contributed by atoms with van der Waals surface area (Å²) in [4.78, 5) is 16.3. The maximum atomic E-state index is 12.0. The molecule has 2 N–H and O–H groups in total. The number of aromatic nitrogens is 1. The highest BCUT2D eigenvalue weighted by Gasteiger charge is 2.15. The second-order valence-electron chi connectivity index (χ2n) is 6.66. The Morgan fingerprint density at radius 3 is 2.62 bits per heavy atom. The number of carbonyl (C=O) groups is 1. The van der Waals surface area contributed by atoms with Gasteiger partial charge in [0.1, 0.15) is 11.6 Å². The lowest BCUT2D eigenvalue weighted by Crippen LogP contribution is -2.40. The predicted molar refractivity (Wildman–Crippen MR) is 96.6 cm³/mol. The Morgan fingerprint density at radius 1 is 1.21 bits per heavy atom. The number of hydrogen-bond donors (Lipinski definition) is 2. The SMILES string of the molecule is COc1cccc(CCNc2ccc(C(=O)NC(C)(C)C)cn2)c1. The highest BCUT2D eigenvalue weighted by Crippen LogP contribution is 2.13. The summed E-state index contributed by atoms with van der Waals surface area (Å²) < 4.78 is 5.22. The monoisotopic (exact) mass is 327 g/mol. The fraction of sp³-hybridized carbons (Fsp3) is 0.368. The van der Waals surface area contributed by atoms with Crippen LogP contribution in [0.4, 0.5) is 5.82 Å². The number of ether oxygens (including phenoxy) is 1. The van der Waals surface area contributed by atoms with Crippen LogP contribution in [0.5, 0.6) is 5.75 Å². The van der Waals surface area contributed by atoms with Crippen molar-refractivity contribution in [1.29, 1.82) is 0 Å². The van der Waals surface area contributed by atoms with E-state index < -0.39 is 0 Å². The molecule has 5 heteroatoms. The van der Waals surface area contributed by atoms with Crippen LogP contribution in [-0.2, 0) is 6.42 Å². The van der Waals surface area contributed by atoms with Gasteiger partial charge in [-0.15, -0.1) is 0 Å². The summed E-state index contributed by atoms with van der Waals surface area (Å²) in [6.07, 6.45) is 2.46. The molecule has 0 fully saturated rings. The molecule has 5 nitrogen and oxygen atoms in total. The van der Waals surface area contributed by atoms with E-state index in [-0.39, 0.29) is 11.4 Å². The lowest BCUT2D eigenvalue weighted by molar-refractivity contribution is 0.0919. The Balaban J connectivity index is 1.86. The third kappa shape index (κ3) is 5.57. The van der Waals surface area contributed by atoms with Gasteiger partial charge in [0.25, 0.3) is 5.91 Å². The third-order valence-electron chi connectivity index (χ3n) is 3.37. The lowest BCUT2D eigenvalue weighted by atomic mass is 10.1. The van der Waals surface area contributed by atoms with Gasteiger partial charge in [0.05, 0.1) is 12.7 Å². The summed E-state index contributed by atoms with van der Waals surface area (Å²) in [7, 11) is 1.67. The summed E-state index contributed by atoms with van der Waals surface area (Å²) in [6, 6.07) is 11.6. The Bertz CT molecular complexity index is 676. The summed E-state index contributed by atoms with van der Waals surface area (Å²) in [5, 5.41) is 6.18. The number of pyridine rings is 1. The Kier molecular flexibility index (Phi) is 5.79. The molecule has 1 amide bonds. The fourth-order valence-electron chi connectivity index (χ4n) is 2.21. The topological polar surface area (TPSA) is 63.2 Å². The highest BCUT2D eigenvalue weighted by atomic mass is 16.5. The van der Waals surface area contributed by atoms with Gasteiger partial charge in [-0.2, -0.15) is 0 Å². The lowest BCUT2D eigenvalue weighted by Gasteiger charge is -2.20. The molecule has 1 heterocycles. The standard InChI is InChI=1S/C19H25N3O2/c1-19(2,3)22-18(23)15-8-9-17(21-13-15)20-11-10-14-6-5-7-16(12-14)24-4/h5-9,12-13H,10-11H2,1-4H3,(H,20,21)(H,22,23). The van der Waals surface area contributed by atoms with Crippen LogP contribution in [0.3, 0.4) is 0 Å².